The van der Waals surface area contributed by atoms with Crippen molar-refractivity contribution < 1.29 is 18.0 Å². The molecule has 0 unspecified atom stereocenters. The molecule has 1 aromatic carbocycles. The summed E-state index contributed by atoms with van der Waals surface area (Å²) in [4.78, 5) is 20.6. The number of benzene rings is 1. The molecule has 1 aromatic heterocycles. The highest BCUT2D eigenvalue weighted by Gasteiger charge is 2.30. The number of aryl methyl sites for hydroxylation is 1. The predicted molar refractivity (Wildman–Crippen MR) is 94.2 cm³/mol. The van der Waals surface area contributed by atoms with Gasteiger partial charge in [0.15, 0.2) is 0 Å². The quantitative estimate of drug-likeness (QED) is 0.700. The van der Waals surface area contributed by atoms with E-state index in [4.69, 9.17) is 0 Å². The van der Waals surface area contributed by atoms with Gasteiger partial charge in [0.2, 0.25) is 0 Å². The first-order valence-electron chi connectivity index (χ1n) is 8.37. The number of nitrogens with zero attached hydrogens (tertiary/aromatic N) is 2. The van der Waals surface area contributed by atoms with Crippen LogP contribution in [0.15, 0.2) is 30.3 Å². The number of amides is 1. The van der Waals surface area contributed by atoms with E-state index < -0.39 is 17.6 Å². The van der Waals surface area contributed by atoms with Crippen LogP contribution in [0.5, 0.6) is 0 Å². The van der Waals surface area contributed by atoms with Gasteiger partial charge in [0.25, 0.3) is 5.91 Å². The zero-order valence-corrected chi connectivity index (χ0v) is 14.7. The number of hydrogen-bond acceptors (Lipinski definition) is 4. The van der Waals surface area contributed by atoms with Gasteiger partial charge in [-0.25, -0.2) is 9.97 Å². The first-order chi connectivity index (χ1) is 12.3. The maximum absolute atomic E-state index is 12.6. The van der Waals surface area contributed by atoms with Gasteiger partial charge in [-0.15, -0.1) is 0 Å². The molecule has 0 aliphatic carbocycles. The van der Waals surface area contributed by atoms with Gasteiger partial charge >= 0.3 is 6.18 Å². The Kier molecular flexibility index (Phi) is 6.54. The van der Waals surface area contributed by atoms with Crippen LogP contribution in [0.3, 0.4) is 0 Å². The van der Waals surface area contributed by atoms with Gasteiger partial charge in [-0.1, -0.05) is 19.8 Å². The highest BCUT2D eigenvalue weighted by Crippen LogP contribution is 2.29. The van der Waals surface area contributed by atoms with Crippen LogP contribution in [0.4, 0.5) is 24.7 Å². The number of unbranched alkanes of at least 4 members (excludes halogenated alkanes) is 2. The van der Waals surface area contributed by atoms with E-state index in [1.807, 2.05) is 0 Å². The Bertz CT molecular complexity index is 745. The second-order valence-corrected chi connectivity index (χ2v) is 5.85. The highest BCUT2D eigenvalue weighted by molar-refractivity contribution is 6.03. The number of carbonyl (C=O) groups excluding carboxylic acids is 1. The van der Waals surface area contributed by atoms with E-state index in [9.17, 15) is 18.0 Å². The predicted octanol–water partition coefficient (Wildman–Crippen LogP) is 4.66. The molecule has 0 aliphatic heterocycles. The van der Waals surface area contributed by atoms with E-state index in [-0.39, 0.29) is 11.4 Å². The van der Waals surface area contributed by atoms with Crippen molar-refractivity contribution in [3.63, 3.8) is 0 Å². The molecule has 1 heterocycles. The molecule has 0 saturated heterocycles. The molecule has 5 nitrogen and oxygen atoms in total. The lowest BCUT2D eigenvalue weighted by Crippen LogP contribution is -2.16. The minimum Gasteiger partial charge on any atom is -0.370 e. The molecular weight excluding hydrogens is 345 g/mol. The van der Waals surface area contributed by atoms with Crippen LogP contribution in [0.25, 0.3) is 0 Å². The molecule has 26 heavy (non-hydrogen) atoms. The van der Waals surface area contributed by atoms with Crippen molar-refractivity contribution in [3.8, 4) is 0 Å². The molecule has 2 aromatic rings. The van der Waals surface area contributed by atoms with Gasteiger partial charge in [0, 0.05) is 18.3 Å². The Hall–Kier alpha value is -2.64. The van der Waals surface area contributed by atoms with Crippen LogP contribution < -0.4 is 10.6 Å². The van der Waals surface area contributed by atoms with Crippen LogP contribution in [-0.4, -0.2) is 22.4 Å². The van der Waals surface area contributed by atoms with Gasteiger partial charge < -0.3 is 10.6 Å². The van der Waals surface area contributed by atoms with Gasteiger partial charge in [-0.05, 0) is 37.6 Å². The number of alkyl halides is 3. The van der Waals surface area contributed by atoms with Crippen LogP contribution >= 0.6 is 0 Å². The largest absolute Gasteiger partial charge is 0.416 e. The summed E-state index contributed by atoms with van der Waals surface area (Å²) in [5.74, 6) is 0.473. The molecule has 0 radical (unpaired) electrons. The molecule has 0 fully saturated rings. The van der Waals surface area contributed by atoms with Crippen molar-refractivity contribution in [1.82, 2.24) is 9.97 Å². The number of nitrogens with one attached hydrogen (secondary N) is 2. The SMILES string of the molecule is CCCCCNc1cc(C(=O)Nc2ccc(C(F)(F)F)cc2)nc(C)n1. The van der Waals surface area contributed by atoms with Gasteiger partial charge in [-0.3, -0.25) is 4.79 Å². The number of halogens is 3. The average Bonchev–Trinajstić information content (AvgIpc) is 2.58. The zero-order valence-electron chi connectivity index (χ0n) is 14.7. The molecule has 8 heteroatoms. The third kappa shape index (κ3) is 5.72. The lowest BCUT2D eigenvalue weighted by molar-refractivity contribution is -0.137. The minimum atomic E-state index is -4.41. The summed E-state index contributed by atoms with van der Waals surface area (Å²) in [5, 5.41) is 5.69. The zero-order chi connectivity index (χ0) is 19.2. The van der Waals surface area contributed by atoms with Crippen LogP contribution in [0.2, 0.25) is 0 Å². The van der Waals surface area contributed by atoms with Crippen molar-refractivity contribution in [1.29, 1.82) is 0 Å². The summed E-state index contributed by atoms with van der Waals surface area (Å²) in [7, 11) is 0. The Balaban J connectivity index is 2.05. The Morgan fingerprint density at radius 3 is 2.42 bits per heavy atom. The molecule has 0 saturated carbocycles. The van der Waals surface area contributed by atoms with Crippen molar-refractivity contribution in [2.24, 2.45) is 0 Å². The summed E-state index contributed by atoms with van der Waals surface area (Å²) >= 11 is 0. The second kappa shape index (κ2) is 8.64. The van der Waals surface area contributed by atoms with Gasteiger partial charge in [0.1, 0.15) is 17.3 Å². The molecule has 0 atom stereocenters. The molecule has 1 amide bonds. The standard InChI is InChI=1S/C18H21F3N4O/c1-3-4-5-10-22-16-11-15(23-12(2)24-16)17(26)25-14-8-6-13(7-9-14)18(19,20)21/h6-9,11H,3-5,10H2,1-2H3,(H,25,26)(H,22,23,24). The van der Waals surface area contributed by atoms with E-state index in [1.54, 1.807) is 6.92 Å². The van der Waals surface area contributed by atoms with E-state index >= 15 is 0 Å². The molecule has 0 spiro atoms. The molecule has 0 aliphatic rings. The van der Waals surface area contributed by atoms with Crippen LogP contribution in [-0.2, 0) is 6.18 Å². The molecular formula is C18H21F3N4O. The second-order valence-electron chi connectivity index (χ2n) is 5.85. The lowest BCUT2D eigenvalue weighted by Gasteiger charge is -2.10. The first kappa shape index (κ1) is 19.7. The molecule has 2 rings (SSSR count). The maximum atomic E-state index is 12.6. The van der Waals surface area contributed by atoms with Crippen molar-refractivity contribution in [2.45, 2.75) is 39.3 Å². The number of aromatic nitrogens is 2. The van der Waals surface area contributed by atoms with E-state index in [0.717, 1.165) is 37.9 Å². The number of rotatable bonds is 7. The molecule has 0 bridgehead atoms. The topological polar surface area (TPSA) is 66.9 Å². The monoisotopic (exact) mass is 366 g/mol. The summed E-state index contributed by atoms with van der Waals surface area (Å²) in [6.07, 6.45) is -1.22. The average molecular weight is 366 g/mol. The molecule has 140 valence electrons. The van der Waals surface area contributed by atoms with Gasteiger partial charge in [0.05, 0.1) is 5.56 Å². The van der Waals surface area contributed by atoms with E-state index in [2.05, 4.69) is 27.5 Å². The third-order valence-corrected chi connectivity index (χ3v) is 3.63. The fourth-order valence-corrected chi connectivity index (χ4v) is 2.30. The summed E-state index contributed by atoms with van der Waals surface area (Å²) in [6.45, 7) is 4.52. The summed E-state index contributed by atoms with van der Waals surface area (Å²) < 4.78 is 37.7. The van der Waals surface area contributed by atoms with Crippen molar-refractivity contribution in [2.75, 3.05) is 17.2 Å². The lowest BCUT2D eigenvalue weighted by atomic mass is 10.2. The van der Waals surface area contributed by atoms with Crippen molar-refractivity contribution in [3.05, 3.63) is 47.4 Å². The van der Waals surface area contributed by atoms with Crippen LogP contribution in [0.1, 0.15) is 48.1 Å². The number of hydrogen-bond donors (Lipinski definition) is 2. The van der Waals surface area contributed by atoms with E-state index in [1.165, 1.54) is 18.2 Å². The fourth-order valence-electron chi connectivity index (χ4n) is 2.30. The van der Waals surface area contributed by atoms with Gasteiger partial charge in [-0.2, -0.15) is 13.2 Å². The summed E-state index contributed by atoms with van der Waals surface area (Å²) in [6, 6.07) is 5.78. The first-order valence-corrected chi connectivity index (χ1v) is 8.37. The Morgan fingerprint density at radius 1 is 1.12 bits per heavy atom. The summed E-state index contributed by atoms with van der Waals surface area (Å²) in [5.41, 5.74) is -0.362. The minimum absolute atomic E-state index is 0.149. The third-order valence-electron chi connectivity index (χ3n) is 3.63. The van der Waals surface area contributed by atoms with Crippen molar-refractivity contribution >= 4 is 17.4 Å². The highest BCUT2D eigenvalue weighted by atomic mass is 19.4. The fraction of sp³-hybridized carbons (Fsp3) is 0.389. The smallest absolute Gasteiger partial charge is 0.370 e. The Morgan fingerprint density at radius 2 is 1.81 bits per heavy atom. The maximum Gasteiger partial charge on any atom is 0.416 e. The van der Waals surface area contributed by atoms with E-state index in [0.29, 0.717) is 11.6 Å². The Labute approximate surface area is 150 Å². The molecule has 2 N–H and O–H groups in total. The van der Waals surface area contributed by atoms with Crippen LogP contribution in [0, 0.1) is 6.92 Å². The number of anilines is 2. The normalized spacial score (nSPS) is 11.3. The number of carbonyl (C=O) groups is 1.